The predicted molar refractivity (Wildman–Crippen MR) is 52.7 cm³/mol. The van der Waals surface area contributed by atoms with Crippen LogP contribution < -0.4 is 0 Å². The Labute approximate surface area is 74.4 Å². The van der Waals surface area contributed by atoms with Crippen LogP contribution in [-0.4, -0.2) is 6.29 Å². The van der Waals surface area contributed by atoms with Gasteiger partial charge in [0.15, 0.2) is 0 Å². The average molecular weight is 164 g/mol. The topological polar surface area (TPSA) is 17.1 Å². The highest BCUT2D eigenvalue weighted by Crippen LogP contribution is 2.09. The molecule has 0 aliphatic rings. The molecule has 66 valence electrons. The second kappa shape index (κ2) is 5.53. The van der Waals surface area contributed by atoms with Crippen LogP contribution in [0.3, 0.4) is 0 Å². The van der Waals surface area contributed by atoms with E-state index in [2.05, 4.69) is 0 Å². The molecule has 0 amide bonds. The van der Waals surface area contributed by atoms with Gasteiger partial charge < -0.3 is 0 Å². The van der Waals surface area contributed by atoms with Crippen molar-refractivity contribution >= 4 is 6.29 Å². The maximum Gasteiger partial charge on any atom is 0.150 e. The Bertz CT molecular complexity index is 251. The van der Waals surface area contributed by atoms with Crippen molar-refractivity contribution in [2.45, 2.75) is 27.7 Å². The molecule has 1 heteroatoms. The molecule has 0 atom stereocenters. The van der Waals surface area contributed by atoms with Gasteiger partial charge in [-0.15, -0.1) is 0 Å². The van der Waals surface area contributed by atoms with Gasteiger partial charge in [0.2, 0.25) is 0 Å². The van der Waals surface area contributed by atoms with Crippen LogP contribution in [-0.2, 0) is 0 Å². The zero-order chi connectivity index (χ0) is 9.56. The van der Waals surface area contributed by atoms with Gasteiger partial charge in [0, 0.05) is 5.56 Å². The number of carbonyl (C=O) groups excluding carboxylic acids is 1. The van der Waals surface area contributed by atoms with E-state index in [1.807, 2.05) is 45.9 Å². The molecule has 1 aromatic rings. The summed E-state index contributed by atoms with van der Waals surface area (Å²) in [4.78, 5) is 10.4. The van der Waals surface area contributed by atoms with Crippen LogP contribution in [0, 0.1) is 13.8 Å². The van der Waals surface area contributed by atoms with Crippen LogP contribution in [0.1, 0.15) is 35.3 Å². The molecular weight excluding hydrogens is 148 g/mol. The lowest BCUT2D eigenvalue weighted by Gasteiger charge is -1.99. The summed E-state index contributed by atoms with van der Waals surface area (Å²) < 4.78 is 0. The molecule has 12 heavy (non-hydrogen) atoms. The van der Waals surface area contributed by atoms with Crippen molar-refractivity contribution in [2.24, 2.45) is 0 Å². The molecule has 0 aromatic heterocycles. The lowest BCUT2D eigenvalue weighted by Crippen LogP contribution is -1.87. The van der Waals surface area contributed by atoms with Crippen molar-refractivity contribution in [3.05, 3.63) is 34.9 Å². The number of benzene rings is 1. The van der Waals surface area contributed by atoms with Crippen molar-refractivity contribution in [3.8, 4) is 0 Å². The third-order valence-corrected chi connectivity index (χ3v) is 1.77. The SMILES string of the molecule is CC.Cc1cccc(C=O)c1C. The Morgan fingerprint density at radius 2 is 1.75 bits per heavy atom. The Balaban J connectivity index is 0.000000561. The molecule has 0 bridgehead atoms. The summed E-state index contributed by atoms with van der Waals surface area (Å²) >= 11 is 0. The number of aryl methyl sites for hydroxylation is 1. The van der Waals surface area contributed by atoms with Gasteiger partial charge in [-0.25, -0.2) is 0 Å². The van der Waals surface area contributed by atoms with E-state index in [-0.39, 0.29) is 0 Å². The van der Waals surface area contributed by atoms with E-state index in [0.29, 0.717) is 0 Å². The standard InChI is InChI=1S/C9H10O.C2H6/c1-7-4-3-5-9(6-10)8(7)2;1-2/h3-6H,1-2H3;1-2H3. The maximum atomic E-state index is 10.4. The molecule has 0 radical (unpaired) electrons. The van der Waals surface area contributed by atoms with E-state index < -0.39 is 0 Å². The molecule has 0 aliphatic carbocycles. The number of hydrogen-bond donors (Lipinski definition) is 0. The molecule has 0 saturated carbocycles. The van der Waals surface area contributed by atoms with Crippen LogP contribution in [0.5, 0.6) is 0 Å². The van der Waals surface area contributed by atoms with Crippen LogP contribution in [0.4, 0.5) is 0 Å². The highest BCUT2D eigenvalue weighted by atomic mass is 16.1. The number of rotatable bonds is 1. The largest absolute Gasteiger partial charge is 0.298 e. The van der Waals surface area contributed by atoms with Gasteiger partial charge >= 0.3 is 0 Å². The summed E-state index contributed by atoms with van der Waals surface area (Å²) in [6.07, 6.45) is 0.891. The van der Waals surface area contributed by atoms with Crippen LogP contribution >= 0.6 is 0 Å². The minimum atomic E-state index is 0.792. The summed E-state index contributed by atoms with van der Waals surface area (Å²) in [5.74, 6) is 0. The molecule has 0 N–H and O–H groups in total. The number of carbonyl (C=O) groups is 1. The second-order valence-corrected chi connectivity index (χ2v) is 2.41. The first kappa shape index (κ1) is 10.9. The molecule has 0 aliphatic heterocycles. The van der Waals surface area contributed by atoms with E-state index in [0.717, 1.165) is 17.4 Å². The van der Waals surface area contributed by atoms with E-state index in [1.54, 1.807) is 0 Å². The molecule has 1 rings (SSSR count). The summed E-state index contributed by atoms with van der Waals surface area (Å²) in [7, 11) is 0. The summed E-state index contributed by atoms with van der Waals surface area (Å²) in [5.41, 5.74) is 3.04. The summed E-state index contributed by atoms with van der Waals surface area (Å²) in [5, 5.41) is 0. The smallest absolute Gasteiger partial charge is 0.150 e. The first-order valence-corrected chi connectivity index (χ1v) is 4.27. The zero-order valence-corrected chi connectivity index (χ0v) is 8.22. The summed E-state index contributed by atoms with van der Waals surface area (Å²) in [6.45, 7) is 7.96. The van der Waals surface area contributed by atoms with E-state index in [9.17, 15) is 4.79 Å². The molecule has 0 heterocycles. The van der Waals surface area contributed by atoms with Crippen LogP contribution in [0.2, 0.25) is 0 Å². The van der Waals surface area contributed by atoms with Crippen molar-refractivity contribution in [2.75, 3.05) is 0 Å². The van der Waals surface area contributed by atoms with Gasteiger partial charge in [-0.2, -0.15) is 0 Å². The second-order valence-electron chi connectivity index (χ2n) is 2.41. The van der Waals surface area contributed by atoms with E-state index in [1.165, 1.54) is 5.56 Å². The molecule has 1 aromatic carbocycles. The number of aldehydes is 1. The fraction of sp³-hybridized carbons (Fsp3) is 0.364. The number of hydrogen-bond acceptors (Lipinski definition) is 1. The first-order chi connectivity index (χ1) is 5.75. The highest BCUT2D eigenvalue weighted by molar-refractivity contribution is 5.77. The van der Waals surface area contributed by atoms with E-state index >= 15 is 0 Å². The van der Waals surface area contributed by atoms with Gasteiger partial charge in [0.05, 0.1) is 0 Å². The highest BCUT2D eigenvalue weighted by Gasteiger charge is 1.96. The Kier molecular flexibility index (Phi) is 5.02. The monoisotopic (exact) mass is 164 g/mol. The maximum absolute atomic E-state index is 10.4. The van der Waals surface area contributed by atoms with Crippen molar-refractivity contribution < 1.29 is 4.79 Å². The van der Waals surface area contributed by atoms with Gasteiger partial charge in [0.25, 0.3) is 0 Å². The van der Waals surface area contributed by atoms with Crippen LogP contribution in [0.25, 0.3) is 0 Å². The van der Waals surface area contributed by atoms with Gasteiger partial charge in [0.1, 0.15) is 6.29 Å². The molecule has 0 saturated heterocycles. The fourth-order valence-corrected chi connectivity index (χ4v) is 0.901. The fourth-order valence-electron chi connectivity index (χ4n) is 0.901. The van der Waals surface area contributed by atoms with E-state index in [4.69, 9.17) is 0 Å². The minimum absolute atomic E-state index is 0.792. The van der Waals surface area contributed by atoms with Crippen molar-refractivity contribution in [1.82, 2.24) is 0 Å². The third-order valence-electron chi connectivity index (χ3n) is 1.77. The molecule has 0 fully saturated rings. The third kappa shape index (κ3) is 2.50. The Hall–Kier alpha value is -1.11. The normalized spacial score (nSPS) is 8.33. The van der Waals surface area contributed by atoms with Crippen molar-refractivity contribution in [3.63, 3.8) is 0 Å². The summed E-state index contributed by atoms with van der Waals surface area (Å²) in [6, 6.07) is 5.73. The van der Waals surface area contributed by atoms with Gasteiger partial charge in [-0.3, -0.25) is 4.79 Å². The Morgan fingerprint density at radius 1 is 1.17 bits per heavy atom. The van der Waals surface area contributed by atoms with Gasteiger partial charge in [-0.05, 0) is 25.0 Å². The molecule has 0 unspecified atom stereocenters. The lowest BCUT2D eigenvalue weighted by molar-refractivity contribution is 0.112. The quantitative estimate of drug-likeness (QED) is 0.583. The molecule has 0 spiro atoms. The van der Waals surface area contributed by atoms with Crippen molar-refractivity contribution in [1.29, 1.82) is 0 Å². The minimum Gasteiger partial charge on any atom is -0.298 e. The first-order valence-electron chi connectivity index (χ1n) is 4.27. The van der Waals surface area contributed by atoms with Gasteiger partial charge in [-0.1, -0.05) is 32.0 Å². The zero-order valence-electron chi connectivity index (χ0n) is 8.22. The average Bonchev–Trinajstić information content (AvgIpc) is 2.13. The predicted octanol–water partition coefficient (Wildman–Crippen LogP) is 3.14. The van der Waals surface area contributed by atoms with Crippen LogP contribution in [0.15, 0.2) is 18.2 Å². The lowest BCUT2D eigenvalue weighted by atomic mass is 10.1. The molecule has 1 nitrogen and oxygen atoms in total. The molecular formula is C11H16O. The Morgan fingerprint density at radius 3 is 2.17 bits per heavy atom.